The van der Waals surface area contributed by atoms with Crippen molar-refractivity contribution < 1.29 is 29.0 Å². The number of ether oxygens (including phenoxy) is 2. The molecule has 2 N–H and O–H groups in total. The maximum atomic E-state index is 14.2. The van der Waals surface area contributed by atoms with Crippen LogP contribution in [0, 0.1) is 41.4 Å². The summed E-state index contributed by atoms with van der Waals surface area (Å²) in [6.45, 7) is 4.38. The minimum atomic E-state index is -0.637. The highest BCUT2D eigenvalue weighted by Crippen LogP contribution is 2.49. The van der Waals surface area contributed by atoms with Crippen LogP contribution in [-0.2, 0) is 14.3 Å². The quantitative estimate of drug-likeness (QED) is 0.160. The summed E-state index contributed by atoms with van der Waals surface area (Å²) in [5.41, 5.74) is 1.12. The summed E-state index contributed by atoms with van der Waals surface area (Å²) >= 11 is 0. The third-order valence-corrected chi connectivity index (χ3v) is 9.64. The van der Waals surface area contributed by atoms with E-state index in [-0.39, 0.29) is 52.8 Å². The van der Waals surface area contributed by atoms with Crippen molar-refractivity contribution in [3.63, 3.8) is 0 Å². The third-order valence-electron chi connectivity index (χ3n) is 9.64. The number of nitrogens with one attached hydrogen (secondary N) is 1. The van der Waals surface area contributed by atoms with Crippen molar-refractivity contribution >= 4 is 17.7 Å². The molecule has 0 spiro atoms. The monoisotopic (exact) mass is 585 g/mol. The highest BCUT2D eigenvalue weighted by molar-refractivity contribution is 6.03. The van der Waals surface area contributed by atoms with Gasteiger partial charge in [0.1, 0.15) is 17.1 Å². The molecule has 4 aliphatic rings. The highest BCUT2D eigenvalue weighted by atomic mass is 16.5. The minimum Gasteiger partial charge on any atom is -0.506 e. The number of carbonyl (C=O) groups is 3. The molecule has 1 aromatic heterocycles. The van der Waals surface area contributed by atoms with E-state index in [1.807, 2.05) is 19.1 Å². The summed E-state index contributed by atoms with van der Waals surface area (Å²) in [5.74, 6) is -0.754. The van der Waals surface area contributed by atoms with Crippen LogP contribution in [0.15, 0.2) is 59.1 Å². The lowest BCUT2D eigenvalue weighted by Gasteiger charge is -2.45. The molecule has 0 radical (unpaired) electrons. The summed E-state index contributed by atoms with van der Waals surface area (Å²) in [7, 11) is 0. The lowest BCUT2D eigenvalue weighted by molar-refractivity contribution is -0.147. The zero-order valence-electron chi connectivity index (χ0n) is 24.7. The Kier molecular flexibility index (Phi) is 8.12. The van der Waals surface area contributed by atoms with E-state index in [1.165, 1.54) is 6.20 Å². The number of carbonyl (C=O) groups excluding carboxylic acids is 3. The zero-order valence-corrected chi connectivity index (χ0v) is 24.7. The van der Waals surface area contributed by atoms with Crippen molar-refractivity contribution in [3.8, 4) is 22.6 Å². The number of benzene rings is 1. The van der Waals surface area contributed by atoms with E-state index in [9.17, 15) is 24.3 Å². The van der Waals surface area contributed by atoms with Gasteiger partial charge in [-0.1, -0.05) is 35.9 Å². The second-order valence-electron chi connectivity index (χ2n) is 12.7. The van der Waals surface area contributed by atoms with Gasteiger partial charge in [0, 0.05) is 17.7 Å². The molecule has 3 fully saturated rings. The van der Waals surface area contributed by atoms with Gasteiger partial charge >= 0.3 is 11.9 Å². The normalized spacial score (nSPS) is 26.8. The molecule has 1 heterocycles. The highest BCUT2D eigenvalue weighted by Gasteiger charge is 2.45. The first-order valence-electron chi connectivity index (χ1n) is 15.5. The number of hydrogen-bond donors (Lipinski definition) is 2. The van der Waals surface area contributed by atoms with Crippen LogP contribution in [0.3, 0.4) is 0 Å². The maximum absolute atomic E-state index is 14.2. The molecule has 8 nitrogen and oxygen atoms in total. The number of esters is 2. The van der Waals surface area contributed by atoms with E-state index in [0.29, 0.717) is 29.4 Å². The molecule has 0 aliphatic heterocycles. The Morgan fingerprint density at radius 1 is 1.00 bits per heavy atom. The van der Waals surface area contributed by atoms with E-state index < -0.39 is 17.3 Å². The molecule has 0 unspecified atom stereocenters. The fourth-order valence-corrected chi connectivity index (χ4v) is 6.95. The first-order valence-corrected chi connectivity index (χ1v) is 15.5. The third kappa shape index (κ3) is 6.10. The predicted octanol–water partition coefficient (Wildman–Crippen LogP) is 6.00. The SMILES string of the molecule is C/C=C/[C@@H]1[C@H]2C[C@@H](COC(=O)C3CC3)CC[C@@H]2C(C)=C[C@H]1C(=O)c1c(O)c(-c2ccc(OC(=O)C3CC3)cc2)c[nH]c1=O. The fraction of sp³-hybridized carbons (Fsp3) is 0.486. The molecule has 3 saturated carbocycles. The van der Waals surface area contributed by atoms with E-state index >= 15 is 0 Å². The predicted molar refractivity (Wildman–Crippen MR) is 160 cm³/mol. The van der Waals surface area contributed by atoms with Crippen molar-refractivity contribution in [1.82, 2.24) is 4.98 Å². The molecule has 0 saturated heterocycles. The summed E-state index contributed by atoms with van der Waals surface area (Å²) in [4.78, 5) is 54.1. The summed E-state index contributed by atoms with van der Waals surface area (Å²) in [6.07, 6.45) is 13.7. The van der Waals surface area contributed by atoms with Crippen LogP contribution in [0.1, 0.15) is 69.2 Å². The lowest BCUT2D eigenvalue weighted by atomic mass is 9.59. The summed E-state index contributed by atoms with van der Waals surface area (Å²) in [6, 6.07) is 6.65. The van der Waals surface area contributed by atoms with Gasteiger partial charge in [0.05, 0.1) is 18.4 Å². The number of aromatic amines is 1. The number of rotatable bonds is 9. The van der Waals surface area contributed by atoms with Crippen molar-refractivity contribution in [2.75, 3.05) is 6.61 Å². The number of fused-ring (bicyclic) bond motifs is 1. The van der Waals surface area contributed by atoms with Gasteiger partial charge in [-0.05, 0) is 100 Å². The Labute approximate surface area is 251 Å². The Morgan fingerprint density at radius 2 is 1.70 bits per heavy atom. The van der Waals surface area contributed by atoms with Gasteiger partial charge in [-0.25, -0.2) is 0 Å². The number of Topliss-reactive ketones (excluding diaryl/α,β-unsaturated/α-hetero) is 1. The fourth-order valence-electron chi connectivity index (χ4n) is 6.95. The average Bonchev–Trinajstić information content (AvgIpc) is 3.91. The molecule has 0 bridgehead atoms. The molecule has 8 heteroatoms. The van der Waals surface area contributed by atoms with E-state index in [1.54, 1.807) is 24.3 Å². The maximum Gasteiger partial charge on any atom is 0.314 e. The molecule has 226 valence electrons. The molecule has 1 aromatic carbocycles. The van der Waals surface area contributed by atoms with Gasteiger partial charge in [0.15, 0.2) is 5.78 Å². The Bertz CT molecular complexity index is 1530. The average molecular weight is 586 g/mol. The van der Waals surface area contributed by atoms with Crippen molar-refractivity contribution in [1.29, 1.82) is 0 Å². The number of pyridine rings is 1. The van der Waals surface area contributed by atoms with E-state index in [4.69, 9.17) is 9.47 Å². The lowest BCUT2D eigenvalue weighted by Crippen LogP contribution is -2.41. The second kappa shape index (κ2) is 12.0. The molecule has 2 aromatic rings. The van der Waals surface area contributed by atoms with E-state index in [2.05, 4.69) is 18.0 Å². The number of aromatic hydroxyl groups is 1. The van der Waals surface area contributed by atoms with Crippen molar-refractivity contribution in [2.45, 2.75) is 58.8 Å². The molecule has 5 atom stereocenters. The van der Waals surface area contributed by atoms with Crippen LogP contribution in [0.4, 0.5) is 0 Å². The second-order valence-corrected chi connectivity index (χ2v) is 12.7. The number of ketones is 1. The molecular weight excluding hydrogens is 546 g/mol. The van der Waals surface area contributed by atoms with Crippen LogP contribution in [0.5, 0.6) is 11.5 Å². The molecule has 6 rings (SSSR count). The van der Waals surface area contributed by atoms with Gasteiger partial charge in [0.25, 0.3) is 5.56 Å². The Balaban J connectivity index is 1.25. The number of H-pyrrole nitrogens is 1. The summed E-state index contributed by atoms with van der Waals surface area (Å²) < 4.78 is 11.0. The van der Waals surface area contributed by atoms with Gasteiger partial charge in [-0.2, -0.15) is 0 Å². The number of allylic oxidation sites excluding steroid dienone is 4. The van der Waals surface area contributed by atoms with Crippen LogP contribution in [0.25, 0.3) is 11.1 Å². The van der Waals surface area contributed by atoms with Crippen LogP contribution in [0.2, 0.25) is 0 Å². The van der Waals surface area contributed by atoms with Gasteiger partial charge in [0.2, 0.25) is 0 Å². The topological polar surface area (TPSA) is 123 Å². The van der Waals surface area contributed by atoms with E-state index in [0.717, 1.165) is 50.5 Å². The molecule has 0 amide bonds. The van der Waals surface area contributed by atoms with Gasteiger partial charge in [-0.3, -0.25) is 19.2 Å². The van der Waals surface area contributed by atoms with Gasteiger partial charge < -0.3 is 19.6 Å². The van der Waals surface area contributed by atoms with Crippen molar-refractivity contribution in [3.05, 3.63) is 70.2 Å². The first kappa shape index (κ1) is 29.1. The van der Waals surface area contributed by atoms with Gasteiger partial charge in [-0.15, -0.1) is 0 Å². The molecule has 4 aliphatic carbocycles. The minimum absolute atomic E-state index is 0.0278. The first-order chi connectivity index (χ1) is 20.7. The molecular formula is C35H39NO7. The summed E-state index contributed by atoms with van der Waals surface area (Å²) in [5, 5.41) is 11.3. The largest absolute Gasteiger partial charge is 0.506 e. The van der Waals surface area contributed by atoms with Crippen LogP contribution < -0.4 is 10.3 Å². The number of hydrogen-bond acceptors (Lipinski definition) is 7. The Hall–Kier alpha value is -3.94. The standard InChI is InChI=1S/C35H39NO7/c1-3-4-26-27-16-20(18-42-34(40)22-6-7-22)5-14-25(27)19(2)15-28(26)31(37)30-32(38)29(17-36-33(30)39)21-10-12-24(13-11-21)43-35(41)23-8-9-23/h3-4,10-13,15,17,20,22-23,25-28H,5-9,14,16,18H2,1-2H3,(H2,36,38,39)/b4-3+/t20-,25+,26+,27-,28+/m0/s1. The number of aromatic nitrogens is 1. The Morgan fingerprint density at radius 3 is 2.37 bits per heavy atom. The molecule has 43 heavy (non-hydrogen) atoms. The van der Waals surface area contributed by atoms with Crippen LogP contribution in [-0.4, -0.2) is 34.4 Å². The van der Waals surface area contributed by atoms with Crippen molar-refractivity contribution in [2.24, 2.45) is 41.4 Å². The van der Waals surface area contributed by atoms with Crippen LogP contribution >= 0.6 is 0 Å². The smallest absolute Gasteiger partial charge is 0.314 e. The zero-order chi connectivity index (χ0) is 30.2.